The number of thiophene rings is 1. The number of carbonyl (C=O) groups is 2. The lowest BCUT2D eigenvalue weighted by Crippen LogP contribution is -2.40. The summed E-state index contributed by atoms with van der Waals surface area (Å²) in [7, 11) is 0. The van der Waals surface area contributed by atoms with E-state index in [0.717, 1.165) is 6.42 Å². The first-order chi connectivity index (χ1) is 11.4. The molecule has 2 rings (SSSR count). The van der Waals surface area contributed by atoms with Crippen LogP contribution in [0.2, 0.25) is 0 Å². The van der Waals surface area contributed by atoms with Crippen LogP contribution in [0.1, 0.15) is 40.4 Å². The zero-order valence-corrected chi connectivity index (χ0v) is 15.2. The second-order valence-electron chi connectivity index (χ2n) is 6.13. The Hall–Kier alpha value is -2.14. The van der Waals surface area contributed by atoms with E-state index >= 15 is 0 Å². The minimum atomic E-state index is -0.214. The molecule has 2 amide bonds. The quantitative estimate of drug-likeness (QED) is 0.809. The van der Waals surface area contributed by atoms with Crippen molar-refractivity contribution in [2.24, 2.45) is 0 Å². The van der Waals surface area contributed by atoms with Gasteiger partial charge in [-0.25, -0.2) is 0 Å². The lowest BCUT2D eigenvalue weighted by Gasteiger charge is -2.17. The van der Waals surface area contributed by atoms with Gasteiger partial charge in [0.05, 0.1) is 0 Å². The van der Waals surface area contributed by atoms with Gasteiger partial charge in [-0.3, -0.25) is 9.59 Å². The van der Waals surface area contributed by atoms with Crippen LogP contribution in [0.4, 0.5) is 0 Å². The van der Waals surface area contributed by atoms with Crippen molar-refractivity contribution in [2.75, 3.05) is 0 Å². The fourth-order valence-corrected chi connectivity index (χ4v) is 3.53. The standard InChI is InChI=1S/C19H24N2O2S/c1-13(11-17-10-9-15(3)24-17)20-18(22)12-14(2)21-19(23)16-7-5-4-6-8-16/h4-10,13-14H,11-12H2,1-3H3,(H,20,22)(H,21,23). The van der Waals surface area contributed by atoms with Crippen molar-refractivity contribution in [3.63, 3.8) is 0 Å². The number of benzene rings is 1. The zero-order chi connectivity index (χ0) is 17.5. The number of rotatable bonds is 7. The Balaban J connectivity index is 1.75. The molecule has 2 N–H and O–H groups in total. The van der Waals surface area contributed by atoms with Crippen LogP contribution in [-0.2, 0) is 11.2 Å². The highest BCUT2D eigenvalue weighted by Crippen LogP contribution is 2.16. The lowest BCUT2D eigenvalue weighted by atomic mass is 10.1. The predicted molar refractivity (Wildman–Crippen MR) is 98.4 cm³/mol. The van der Waals surface area contributed by atoms with Gasteiger partial charge in [-0.2, -0.15) is 0 Å². The maximum absolute atomic E-state index is 12.1. The highest BCUT2D eigenvalue weighted by Gasteiger charge is 2.15. The molecule has 1 heterocycles. The Morgan fingerprint density at radius 2 is 1.71 bits per heavy atom. The van der Waals surface area contributed by atoms with Gasteiger partial charge in [0.1, 0.15) is 0 Å². The molecule has 1 aromatic carbocycles. The first-order valence-corrected chi connectivity index (χ1v) is 8.96. The number of hydrogen-bond acceptors (Lipinski definition) is 3. The summed E-state index contributed by atoms with van der Waals surface area (Å²) in [6.07, 6.45) is 1.10. The molecule has 0 bridgehead atoms. The van der Waals surface area contributed by atoms with E-state index in [0.29, 0.717) is 5.56 Å². The van der Waals surface area contributed by atoms with Crippen molar-refractivity contribution in [1.29, 1.82) is 0 Å². The Kier molecular flexibility index (Phi) is 6.55. The highest BCUT2D eigenvalue weighted by atomic mass is 32.1. The van der Waals surface area contributed by atoms with Crippen molar-refractivity contribution in [3.8, 4) is 0 Å². The number of hydrogen-bond donors (Lipinski definition) is 2. The molecule has 4 nitrogen and oxygen atoms in total. The minimum Gasteiger partial charge on any atom is -0.353 e. The number of carbonyl (C=O) groups excluding carboxylic acids is 2. The molecule has 0 aliphatic rings. The second-order valence-corrected chi connectivity index (χ2v) is 7.50. The molecular weight excluding hydrogens is 320 g/mol. The van der Waals surface area contributed by atoms with Crippen LogP contribution < -0.4 is 10.6 Å². The zero-order valence-electron chi connectivity index (χ0n) is 14.3. The van der Waals surface area contributed by atoms with Gasteiger partial charge < -0.3 is 10.6 Å². The Morgan fingerprint density at radius 3 is 2.33 bits per heavy atom. The summed E-state index contributed by atoms with van der Waals surface area (Å²) in [6.45, 7) is 5.92. The average Bonchev–Trinajstić information content (AvgIpc) is 2.92. The topological polar surface area (TPSA) is 58.2 Å². The SMILES string of the molecule is Cc1ccc(CC(C)NC(=O)CC(C)NC(=O)c2ccccc2)s1. The number of aryl methyl sites for hydroxylation is 1. The van der Waals surface area contributed by atoms with Crippen molar-refractivity contribution in [3.05, 3.63) is 57.8 Å². The van der Waals surface area contributed by atoms with Crippen LogP contribution in [0.15, 0.2) is 42.5 Å². The summed E-state index contributed by atoms with van der Waals surface area (Å²) < 4.78 is 0. The van der Waals surface area contributed by atoms with Gasteiger partial charge in [0, 0.05) is 40.2 Å². The van der Waals surface area contributed by atoms with Gasteiger partial charge in [0.15, 0.2) is 0 Å². The van der Waals surface area contributed by atoms with Crippen molar-refractivity contribution >= 4 is 23.2 Å². The summed E-state index contributed by atoms with van der Waals surface area (Å²) in [5.41, 5.74) is 0.603. The van der Waals surface area contributed by atoms with Gasteiger partial charge in [-0.05, 0) is 45.0 Å². The minimum absolute atomic E-state index is 0.0448. The summed E-state index contributed by atoms with van der Waals surface area (Å²) in [5.74, 6) is -0.199. The molecule has 0 saturated heterocycles. The Bertz CT molecular complexity index is 682. The largest absolute Gasteiger partial charge is 0.353 e. The van der Waals surface area contributed by atoms with Gasteiger partial charge in [0.25, 0.3) is 5.91 Å². The van der Waals surface area contributed by atoms with E-state index in [2.05, 4.69) is 29.7 Å². The molecule has 0 aliphatic carbocycles. The van der Waals surface area contributed by atoms with Crippen molar-refractivity contribution in [1.82, 2.24) is 10.6 Å². The van der Waals surface area contributed by atoms with E-state index in [9.17, 15) is 9.59 Å². The van der Waals surface area contributed by atoms with Gasteiger partial charge >= 0.3 is 0 Å². The maximum Gasteiger partial charge on any atom is 0.251 e. The molecule has 0 radical (unpaired) electrons. The van der Waals surface area contributed by atoms with Crippen LogP contribution in [0, 0.1) is 6.92 Å². The molecule has 0 spiro atoms. The fourth-order valence-electron chi connectivity index (χ4n) is 2.51. The molecule has 24 heavy (non-hydrogen) atoms. The second kappa shape index (κ2) is 8.64. The smallest absolute Gasteiger partial charge is 0.251 e. The van der Waals surface area contributed by atoms with Crippen molar-refractivity contribution in [2.45, 2.75) is 45.7 Å². The molecule has 1 aromatic heterocycles. The normalized spacial score (nSPS) is 13.1. The average molecular weight is 344 g/mol. The summed E-state index contributed by atoms with van der Waals surface area (Å²) >= 11 is 1.75. The molecule has 0 fully saturated rings. The molecule has 0 saturated carbocycles. The van der Waals surface area contributed by atoms with Crippen LogP contribution in [0.25, 0.3) is 0 Å². The van der Waals surface area contributed by atoms with E-state index in [-0.39, 0.29) is 30.3 Å². The molecule has 128 valence electrons. The third-order valence-corrected chi connectivity index (χ3v) is 4.64. The van der Waals surface area contributed by atoms with E-state index in [1.54, 1.807) is 23.5 Å². The fraction of sp³-hybridized carbons (Fsp3) is 0.368. The first kappa shape index (κ1) is 18.2. The van der Waals surface area contributed by atoms with E-state index in [1.165, 1.54) is 9.75 Å². The molecule has 2 aromatic rings. The van der Waals surface area contributed by atoms with Crippen molar-refractivity contribution < 1.29 is 9.59 Å². The van der Waals surface area contributed by atoms with E-state index < -0.39 is 0 Å². The molecule has 2 unspecified atom stereocenters. The van der Waals surface area contributed by atoms with E-state index in [4.69, 9.17) is 0 Å². The molecular formula is C19H24N2O2S. The number of amides is 2. The Morgan fingerprint density at radius 1 is 1.00 bits per heavy atom. The summed E-state index contributed by atoms with van der Waals surface area (Å²) in [5, 5.41) is 5.85. The highest BCUT2D eigenvalue weighted by molar-refractivity contribution is 7.11. The summed E-state index contributed by atoms with van der Waals surface area (Å²) in [6, 6.07) is 13.1. The van der Waals surface area contributed by atoms with Gasteiger partial charge in [-0.15, -0.1) is 11.3 Å². The Labute approximate surface area is 147 Å². The molecule has 5 heteroatoms. The molecule has 2 atom stereocenters. The molecule has 0 aliphatic heterocycles. The van der Waals surface area contributed by atoms with Crippen LogP contribution in [0.3, 0.4) is 0 Å². The maximum atomic E-state index is 12.1. The van der Waals surface area contributed by atoms with Gasteiger partial charge in [0.2, 0.25) is 5.91 Å². The van der Waals surface area contributed by atoms with Crippen LogP contribution in [0.5, 0.6) is 0 Å². The third kappa shape index (κ3) is 5.81. The summed E-state index contributed by atoms with van der Waals surface area (Å²) in [4.78, 5) is 26.7. The van der Waals surface area contributed by atoms with Gasteiger partial charge in [-0.1, -0.05) is 18.2 Å². The van der Waals surface area contributed by atoms with E-state index in [1.807, 2.05) is 32.0 Å². The first-order valence-electron chi connectivity index (χ1n) is 8.14. The van der Waals surface area contributed by atoms with Crippen LogP contribution in [-0.4, -0.2) is 23.9 Å². The lowest BCUT2D eigenvalue weighted by molar-refractivity contribution is -0.122. The monoisotopic (exact) mass is 344 g/mol. The predicted octanol–water partition coefficient (Wildman–Crippen LogP) is 3.31. The number of nitrogens with one attached hydrogen (secondary N) is 2. The third-order valence-electron chi connectivity index (χ3n) is 3.62. The van der Waals surface area contributed by atoms with Crippen LogP contribution >= 0.6 is 11.3 Å².